The zero-order valence-electron chi connectivity index (χ0n) is 28.5. The van der Waals surface area contributed by atoms with E-state index in [2.05, 4.69) is 28.2 Å². The molecule has 8 amide bonds. The number of imide groups is 1. The summed E-state index contributed by atoms with van der Waals surface area (Å²) in [6.07, 6.45) is 5.38. The Morgan fingerprint density at radius 2 is 1.63 bits per heavy atom. The number of urea groups is 1. The fourth-order valence-corrected chi connectivity index (χ4v) is 5.46. The number of nitrogens with two attached hydrogens (primary N) is 1. The van der Waals surface area contributed by atoms with Crippen molar-refractivity contribution in [3.05, 3.63) is 42.0 Å². The van der Waals surface area contributed by atoms with Crippen molar-refractivity contribution in [3.8, 4) is 0 Å². The topological polar surface area (TPSA) is 209 Å². The van der Waals surface area contributed by atoms with Crippen molar-refractivity contribution in [1.29, 1.82) is 0 Å². The van der Waals surface area contributed by atoms with Gasteiger partial charge >= 0.3 is 12.1 Å². The van der Waals surface area contributed by atoms with E-state index in [1.165, 1.54) is 12.2 Å². The average Bonchev–Trinajstić information content (AvgIpc) is 3.64. The number of unbranched alkanes of at least 4 members (excludes halogenated alkanes) is 2. The number of hydrogen-bond donors (Lipinski definition) is 5. The molecule has 0 aliphatic carbocycles. The zero-order valence-corrected chi connectivity index (χ0v) is 28.5. The van der Waals surface area contributed by atoms with Crippen LogP contribution in [0.3, 0.4) is 0 Å². The number of carbonyl (C=O) groups is 7. The number of rotatable bonds is 18. The van der Waals surface area contributed by atoms with E-state index in [-0.39, 0.29) is 62.3 Å². The molecular weight excluding hydrogens is 634 g/mol. The summed E-state index contributed by atoms with van der Waals surface area (Å²) in [4.78, 5) is 89.1. The lowest BCUT2D eigenvalue weighted by Gasteiger charge is -2.25. The highest BCUT2D eigenvalue weighted by atomic mass is 16.6. The van der Waals surface area contributed by atoms with Crippen LogP contribution >= 0.6 is 0 Å². The zero-order chi connectivity index (χ0) is 35.9. The molecule has 1 fully saturated rings. The van der Waals surface area contributed by atoms with E-state index >= 15 is 0 Å². The van der Waals surface area contributed by atoms with Gasteiger partial charge in [-0.15, -0.1) is 0 Å². The van der Waals surface area contributed by atoms with Gasteiger partial charge in [0.1, 0.15) is 18.7 Å². The smallest absolute Gasteiger partial charge is 0.410 e. The summed E-state index contributed by atoms with van der Waals surface area (Å²) in [5.74, 6) is -1.89. The van der Waals surface area contributed by atoms with Gasteiger partial charge in [0, 0.05) is 50.4 Å². The van der Waals surface area contributed by atoms with Gasteiger partial charge in [0.25, 0.3) is 11.8 Å². The highest BCUT2D eigenvalue weighted by Crippen LogP contribution is 2.17. The second-order valence-corrected chi connectivity index (χ2v) is 12.8. The third-order valence-electron chi connectivity index (χ3n) is 8.32. The number of likely N-dealkylation sites (tertiary alicyclic amines) is 1. The van der Waals surface area contributed by atoms with E-state index in [0.717, 1.165) is 16.9 Å². The van der Waals surface area contributed by atoms with Crippen molar-refractivity contribution >= 4 is 47.3 Å². The second-order valence-electron chi connectivity index (χ2n) is 12.8. The van der Waals surface area contributed by atoms with Gasteiger partial charge in [0.15, 0.2) is 0 Å². The van der Waals surface area contributed by atoms with Gasteiger partial charge in [-0.2, -0.15) is 0 Å². The highest BCUT2D eigenvalue weighted by molar-refractivity contribution is 6.12. The molecule has 1 saturated heterocycles. The quantitative estimate of drug-likeness (QED) is 0.114. The van der Waals surface area contributed by atoms with Crippen molar-refractivity contribution in [2.75, 3.05) is 31.5 Å². The van der Waals surface area contributed by atoms with Gasteiger partial charge in [-0.05, 0) is 61.6 Å². The molecule has 1 aromatic carbocycles. The first-order chi connectivity index (χ1) is 23.3. The maximum absolute atomic E-state index is 13.4. The Labute approximate surface area is 286 Å². The first kappa shape index (κ1) is 38.5. The number of nitrogens with one attached hydrogen (secondary N) is 4. The molecule has 15 nitrogen and oxygen atoms in total. The Bertz CT molecular complexity index is 1360. The number of nitrogens with zero attached hydrogens (tertiary/aromatic N) is 2. The third kappa shape index (κ3) is 12.9. The van der Waals surface area contributed by atoms with E-state index in [0.29, 0.717) is 50.4 Å². The highest BCUT2D eigenvalue weighted by Gasteiger charge is 2.29. The van der Waals surface area contributed by atoms with Gasteiger partial charge in [0.2, 0.25) is 17.7 Å². The number of amides is 8. The molecule has 0 saturated carbocycles. The number of ether oxygens (including phenoxy) is 1. The molecule has 49 heavy (non-hydrogen) atoms. The Hall–Kier alpha value is -4.95. The van der Waals surface area contributed by atoms with Crippen molar-refractivity contribution < 1.29 is 38.3 Å². The van der Waals surface area contributed by atoms with Gasteiger partial charge in [0.05, 0.1) is 0 Å². The maximum atomic E-state index is 13.4. The monoisotopic (exact) mass is 683 g/mol. The summed E-state index contributed by atoms with van der Waals surface area (Å²) in [5, 5.41) is 10.8. The normalized spacial score (nSPS) is 16.8. The number of carbonyl (C=O) groups excluding carboxylic acids is 7. The van der Waals surface area contributed by atoms with Crippen LogP contribution in [0.5, 0.6) is 0 Å². The second kappa shape index (κ2) is 19.1. The van der Waals surface area contributed by atoms with Crippen LogP contribution in [-0.2, 0) is 35.3 Å². The molecule has 268 valence electrons. The largest absolute Gasteiger partial charge is 0.445 e. The maximum Gasteiger partial charge on any atom is 0.410 e. The summed E-state index contributed by atoms with van der Waals surface area (Å²) in [6.45, 7) is 7.56. The van der Waals surface area contributed by atoms with Gasteiger partial charge in [-0.1, -0.05) is 39.3 Å². The Kier molecular flexibility index (Phi) is 15.0. The third-order valence-corrected chi connectivity index (χ3v) is 8.32. The van der Waals surface area contributed by atoms with Crippen LogP contribution in [0.25, 0.3) is 0 Å². The molecule has 15 heteroatoms. The van der Waals surface area contributed by atoms with E-state index < -0.39 is 29.9 Å². The summed E-state index contributed by atoms with van der Waals surface area (Å²) in [6, 6.07) is 4.18. The van der Waals surface area contributed by atoms with Crippen LogP contribution in [0.15, 0.2) is 36.4 Å². The predicted octanol–water partition coefficient (Wildman–Crippen LogP) is 2.16. The minimum absolute atomic E-state index is 0.0874. The molecule has 0 bridgehead atoms. The lowest BCUT2D eigenvalue weighted by Crippen LogP contribution is -2.54. The van der Waals surface area contributed by atoms with Crippen LogP contribution in [0.4, 0.5) is 15.3 Å². The standard InChI is InChI=1S/C34H49N7O8/c1-22(2)30(39-27(42)9-5-4-6-18-41-28(43)14-15-29(41)44)32(46)38-26(8-7-17-36-33(35)47)31(45)37-25-12-10-24(11-13-25)21-49-34(48)40-19-16-23(3)20-40/h10-15,22-23,26,30H,4-9,16-21H2,1-3H3,(H,37,45)(H,38,46)(H,39,42)(H3,35,36,47)/t23-,26-,30-/m0/s1. The number of hydrogen-bond acceptors (Lipinski definition) is 8. The molecule has 3 rings (SSSR count). The predicted molar refractivity (Wildman–Crippen MR) is 180 cm³/mol. The van der Waals surface area contributed by atoms with Crippen molar-refractivity contribution in [1.82, 2.24) is 25.8 Å². The molecule has 0 unspecified atom stereocenters. The minimum atomic E-state index is -0.991. The van der Waals surface area contributed by atoms with E-state index in [4.69, 9.17) is 10.5 Å². The van der Waals surface area contributed by atoms with Gasteiger partial charge in [-0.3, -0.25) is 28.9 Å². The fourth-order valence-electron chi connectivity index (χ4n) is 5.46. The summed E-state index contributed by atoms with van der Waals surface area (Å²) in [5.41, 5.74) is 6.35. The lowest BCUT2D eigenvalue weighted by atomic mass is 10.0. The number of primary amides is 1. The van der Waals surface area contributed by atoms with Crippen LogP contribution in [0.1, 0.15) is 71.3 Å². The minimum Gasteiger partial charge on any atom is -0.445 e. The molecule has 0 spiro atoms. The molecule has 0 aromatic heterocycles. The Morgan fingerprint density at radius 1 is 0.939 bits per heavy atom. The van der Waals surface area contributed by atoms with Gasteiger partial charge < -0.3 is 36.6 Å². The lowest BCUT2D eigenvalue weighted by molar-refractivity contribution is -0.137. The van der Waals surface area contributed by atoms with Crippen molar-refractivity contribution in [2.45, 2.75) is 84.4 Å². The van der Waals surface area contributed by atoms with Crippen LogP contribution in [-0.4, -0.2) is 89.7 Å². The van der Waals surface area contributed by atoms with Crippen LogP contribution in [0, 0.1) is 11.8 Å². The SMILES string of the molecule is CC(C)[C@H](NC(=O)CCCCCN1C(=O)C=CC1=O)C(=O)N[C@@H](CCCNC(N)=O)C(=O)Nc1ccc(COC(=O)N2CC[C@H](C)C2)cc1. The number of benzene rings is 1. The average molecular weight is 684 g/mol. The van der Waals surface area contributed by atoms with E-state index in [1.807, 2.05) is 0 Å². The molecule has 2 aliphatic heterocycles. The van der Waals surface area contributed by atoms with E-state index in [1.54, 1.807) is 43.0 Å². The Morgan fingerprint density at radius 3 is 2.24 bits per heavy atom. The molecule has 2 aliphatic rings. The van der Waals surface area contributed by atoms with Crippen LogP contribution in [0.2, 0.25) is 0 Å². The van der Waals surface area contributed by atoms with E-state index in [9.17, 15) is 33.6 Å². The summed E-state index contributed by atoms with van der Waals surface area (Å²) >= 11 is 0. The fraction of sp³-hybridized carbons (Fsp3) is 0.559. The first-order valence-electron chi connectivity index (χ1n) is 16.8. The summed E-state index contributed by atoms with van der Waals surface area (Å²) in [7, 11) is 0. The number of anilines is 1. The van der Waals surface area contributed by atoms with Crippen LogP contribution < -0.4 is 27.0 Å². The molecule has 2 heterocycles. The summed E-state index contributed by atoms with van der Waals surface area (Å²) < 4.78 is 5.42. The molecule has 1 aromatic rings. The first-order valence-corrected chi connectivity index (χ1v) is 16.8. The Balaban J connectivity index is 1.51. The molecular formula is C34H49N7O8. The molecule has 0 radical (unpaired) electrons. The molecule has 3 atom stereocenters. The van der Waals surface area contributed by atoms with Gasteiger partial charge in [-0.25, -0.2) is 9.59 Å². The van der Waals surface area contributed by atoms with Crippen molar-refractivity contribution in [3.63, 3.8) is 0 Å². The molecule has 6 N–H and O–H groups in total. The van der Waals surface area contributed by atoms with Crippen molar-refractivity contribution in [2.24, 2.45) is 17.6 Å².